The largest absolute Gasteiger partial charge is 0.508 e. The zero-order valence-electron chi connectivity index (χ0n) is 14.4. The Morgan fingerprint density at radius 3 is 2.37 bits per heavy atom. The Morgan fingerprint density at radius 2 is 1.70 bits per heavy atom. The van der Waals surface area contributed by atoms with Gasteiger partial charge in [-0.1, -0.05) is 36.0 Å². The molecule has 0 radical (unpaired) electrons. The number of aromatic nitrogens is 4. The van der Waals surface area contributed by atoms with Gasteiger partial charge in [-0.3, -0.25) is 0 Å². The van der Waals surface area contributed by atoms with Crippen molar-refractivity contribution in [1.29, 1.82) is 0 Å². The van der Waals surface area contributed by atoms with Crippen LogP contribution in [0.25, 0.3) is 5.69 Å². The SMILES string of the molecule is OCc1ccc([C@@H](O)C[C@@H](O)CSc2nnnn2-c2ccc(O)cc2)cc1. The highest BCUT2D eigenvalue weighted by Crippen LogP contribution is 2.24. The standard InChI is InChI=1S/C18H20N4O4S/c23-10-12-1-3-13(4-2-12)17(26)9-16(25)11-27-18-19-20-21-22(18)14-5-7-15(24)8-6-14/h1-8,16-17,23-26H,9-11H2/t16-,17+/m1/s1. The van der Waals surface area contributed by atoms with Crippen LogP contribution in [0.2, 0.25) is 0 Å². The van der Waals surface area contributed by atoms with E-state index >= 15 is 0 Å². The van der Waals surface area contributed by atoms with Gasteiger partial charge in [0.1, 0.15) is 5.75 Å². The first-order chi connectivity index (χ1) is 13.1. The van der Waals surface area contributed by atoms with E-state index in [1.165, 1.54) is 16.4 Å². The van der Waals surface area contributed by atoms with Crippen molar-refractivity contribution in [1.82, 2.24) is 20.2 Å². The molecule has 1 aromatic heterocycles. The van der Waals surface area contributed by atoms with Gasteiger partial charge in [-0.2, -0.15) is 4.68 Å². The van der Waals surface area contributed by atoms with Gasteiger partial charge >= 0.3 is 0 Å². The summed E-state index contributed by atoms with van der Waals surface area (Å²) in [5.41, 5.74) is 2.15. The average Bonchev–Trinajstić information content (AvgIpc) is 3.15. The summed E-state index contributed by atoms with van der Waals surface area (Å²) in [6.07, 6.45) is -1.39. The van der Waals surface area contributed by atoms with E-state index in [1.807, 2.05) is 0 Å². The normalized spacial score (nSPS) is 13.4. The number of benzene rings is 2. The Morgan fingerprint density at radius 1 is 1.00 bits per heavy atom. The summed E-state index contributed by atoms with van der Waals surface area (Å²) in [5.74, 6) is 0.460. The average molecular weight is 388 g/mol. The lowest BCUT2D eigenvalue weighted by Gasteiger charge is -2.16. The van der Waals surface area contributed by atoms with E-state index < -0.39 is 12.2 Å². The van der Waals surface area contributed by atoms with E-state index in [9.17, 15) is 15.3 Å². The van der Waals surface area contributed by atoms with E-state index in [4.69, 9.17) is 5.11 Å². The number of hydrogen-bond acceptors (Lipinski definition) is 8. The summed E-state index contributed by atoms with van der Waals surface area (Å²) in [7, 11) is 0. The summed E-state index contributed by atoms with van der Waals surface area (Å²) < 4.78 is 1.51. The van der Waals surface area contributed by atoms with Crippen LogP contribution in [-0.4, -0.2) is 52.5 Å². The second-order valence-corrected chi connectivity index (χ2v) is 6.99. The summed E-state index contributed by atoms with van der Waals surface area (Å²) in [4.78, 5) is 0. The molecule has 0 saturated carbocycles. The van der Waals surface area contributed by atoms with Crippen LogP contribution in [0, 0.1) is 0 Å². The minimum atomic E-state index is -0.804. The molecule has 0 spiro atoms. The Balaban J connectivity index is 1.57. The fourth-order valence-electron chi connectivity index (χ4n) is 2.50. The van der Waals surface area contributed by atoms with E-state index in [0.717, 1.165) is 5.56 Å². The number of thioether (sulfide) groups is 1. The molecule has 9 heteroatoms. The lowest BCUT2D eigenvalue weighted by molar-refractivity contribution is 0.0930. The molecule has 0 amide bonds. The van der Waals surface area contributed by atoms with Gasteiger partial charge in [0.25, 0.3) is 0 Å². The van der Waals surface area contributed by atoms with Crippen molar-refractivity contribution in [2.75, 3.05) is 5.75 Å². The van der Waals surface area contributed by atoms with Gasteiger partial charge in [0.05, 0.1) is 24.5 Å². The minimum absolute atomic E-state index is 0.0502. The Hall–Kier alpha value is -2.46. The second-order valence-electron chi connectivity index (χ2n) is 6.01. The lowest BCUT2D eigenvalue weighted by Crippen LogP contribution is -2.15. The highest BCUT2D eigenvalue weighted by atomic mass is 32.2. The third-order valence-electron chi connectivity index (χ3n) is 3.98. The molecule has 3 rings (SSSR count). The lowest BCUT2D eigenvalue weighted by atomic mass is 10.0. The molecule has 2 aromatic carbocycles. The molecule has 142 valence electrons. The maximum Gasteiger partial charge on any atom is 0.214 e. The summed E-state index contributed by atoms with van der Waals surface area (Å²) >= 11 is 1.27. The van der Waals surface area contributed by atoms with Gasteiger partial charge in [-0.25, -0.2) is 0 Å². The molecule has 0 aliphatic rings. The first-order valence-electron chi connectivity index (χ1n) is 8.33. The summed E-state index contributed by atoms with van der Waals surface area (Å²) in [5, 5.41) is 51.0. The minimum Gasteiger partial charge on any atom is -0.508 e. The second kappa shape index (κ2) is 8.96. The smallest absolute Gasteiger partial charge is 0.214 e. The molecule has 0 bridgehead atoms. The fourth-order valence-corrected chi connectivity index (χ4v) is 3.34. The van der Waals surface area contributed by atoms with Crippen LogP contribution >= 0.6 is 11.8 Å². The molecule has 8 nitrogen and oxygen atoms in total. The predicted octanol–water partition coefficient (Wildman–Crippen LogP) is 1.44. The molecular formula is C18H20N4O4S. The number of rotatable bonds is 8. The molecular weight excluding hydrogens is 368 g/mol. The Bertz CT molecular complexity index is 855. The predicted molar refractivity (Wildman–Crippen MR) is 99.5 cm³/mol. The van der Waals surface area contributed by atoms with Gasteiger partial charge < -0.3 is 20.4 Å². The number of tetrazole rings is 1. The third kappa shape index (κ3) is 5.04. The van der Waals surface area contributed by atoms with Gasteiger partial charge in [-0.05, 0) is 45.8 Å². The molecule has 1 heterocycles. The summed E-state index contributed by atoms with van der Waals surface area (Å²) in [6.45, 7) is -0.0502. The van der Waals surface area contributed by atoms with Crippen molar-refractivity contribution in [2.24, 2.45) is 0 Å². The molecule has 4 N–H and O–H groups in total. The molecule has 27 heavy (non-hydrogen) atoms. The molecule has 2 atom stereocenters. The van der Waals surface area contributed by atoms with Crippen molar-refractivity contribution < 1.29 is 20.4 Å². The number of nitrogens with zero attached hydrogens (tertiary/aromatic N) is 4. The number of aliphatic hydroxyl groups excluding tert-OH is 3. The monoisotopic (exact) mass is 388 g/mol. The van der Waals surface area contributed by atoms with Crippen molar-refractivity contribution in [3.63, 3.8) is 0 Å². The highest BCUT2D eigenvalue weighted by Gasteiger charge is 2.17. The van der Waals surface area contributed by atoms with Crippen LogP contribution in [0.1, 0.15) is 23.7 Å². The maximum atomic E-state index is 10.3. The van der Waals surface area contributed by atoms with Gasteiger partial charge in [0, 0.05) is 12.2 Å². The van der Waals surface area contributed by atoms with Crippen LogP contribution in [0.15, 0.2) is 53.7 Å². The maximum absolute atomic E-state index is 10.3. The number of hydrogen-bond donors (Lipinski definition) is 4. The third-order valence-corrected chi connectivity index (χ3v) is 5.05. The molecule has 0 saturated heterocycles. The van der Waals surface area contributed by atoms with E-state index in [0.29, 0.717) is 22.2 Å². The van der Waals surface area contributed by atoms with Crippen molar-refractivity contribution >= 4 is 11.8 Å². The number of aromatic hydroxyl groups is 1. The molecule has 0 unspecified atom stereocenters. The van der Waals surface area contributed by atoms with E-state index in [1.54, 1.807) is 48.5 Å². The summed E-state index contributed by atoms with van der Waals surface area (Å²) in [6, 6.07) is 13.4. The van der Waals surface area contributed by atoms with Crippen LogP contribution in [-0.2, 0) is 6.61 Å². The van der Waals surface area contributed by atoms with Crippen LogP contribution in [0.4, 0.5) is 0 Å². The highest BCUT2D eigenvalue weighted by molar-refractivity contribution is 7.99. The molecule has 3 aromatic rings. The van der Waals surface area contributed by atoms with Gasteiger partial charge in [-0.15, -0.1) is 5.10 Å². The fraction of sp³-hybridized carbons (Fsp3) is 0.278. The van der Waals surface area contributed by atoms with Crippen LogP contribution in [0.5, 0.6) is 5.75 Å². The Labute approximate surface area is 160 Å². The first-order valence-corrected chi connectivity index (χ1v) is 9.32. The number of aliphatic hydroxyl groups is 3. The molecule has 0 aliphatic heterocycles. The first kappa shape index (κ1) is 19.3. The topological polar surface area (TPSA) is 125 Å². The Kier molecular flexibility index (Phi) is 6.40. The molecule has 0 aliphatic carbocycles. The van der Waals surface area contributed by atoms with E-state index in [-0.39, 0.29) is 18.8 Å². The van der Waals surface area contributed by atoms with Crippen molar-refractivity contribution in [3.05, 3.63) is 59.7 Å². The van der Waals surface area contributed by atoms with E-state index in [2.05, 4.69) is 15.5 Å². The van der Waals surface area contributed by atoms with Gasteiger partial charge in [0.2, 0.25) is 5.16 Å². The van der Waals surface area contributed by atoms with Crippen LogP contribution < -0.4 is 0 Å². The van der Waals surface area contributed by atoms with Crippen molar-refractivity contribution in [2.45, 2.75) is 30.4 Å². The quantitative estimate of drug-likeness (QED) is 0.427. The van der Waals surface area contributed by atoms with Gasteiger partial charge in [0.15, 0.2) is 0 Å². The molecule has 0 fully saturated rings. The number of phenolic OH excluding ortho intramolecular Hbond substituents is 1. The zero-order chi connectivity index (χ0) is 19.2. The zero-order valence-corrected chi connectivity index (χ0v) is 15.2. The number of phenols is 1. The van der Waals surface area contributed by atoms with Crippen molar-refractivity contribution in [3.8, 4) is 11.4 Å². The van der Waals surface area contributed by atoms with Crippen LogP contribution in [0.3, 0.4) is 0 Å².